The molecule has 2 aromatic carbocycles. The van der Waals surface area contributed by atoms with Crippen LogP contribution in [0.1, 0.15) is 30.0 Å². The van der Waals surface area contributed by atoms with Crippen molar-refractivity contribution in [2.24, 2.45) is 0 Å². The molecule has 22 heavy (non-hydrogen) atoms. The highest BCUT2D eigenvalue weighted by molar-refractivity contribution is 5.95. The van der Waals surface area contributed by atoms with Crippen LogP contribution in [-0.2, 0) is 4.79 Å². The molecule has 3 heteroatoms. The summed E-state index contributed by atoms with van der Waals surface area (Å²) < 4.78 is 5.88. The molecular weight excluding hydrogens is 274 g/mol. The lowest BCUT2D eigenvalue weighted by atomic mass is 10.1. The van der Waals surface area contributed by atoms with Crippen molar-refractivity contribution in [3.8, 4) is 5.75 Å². The molecule has 2 aromatic rings. The average molecular weight is 297 g/mol. The van der Waals surface area contributed by atoms with Crippen LogP contribution in [-0.4, -0.2) is 12.0 Å². The third-order valence-corrected chi connectivity index (χ3v) is 3.67. The molecule has 0 fully saturated rings. The molecule has 1 N–H and O–H groups in total. The molecule has 116 valence electrons. The quantitative estimate of drug-likeness (QED) is 0.888. The molecule has 0 saturated heterocycles. The number of hydrogen-bond donors (Lipinski definition) is 1. The van der Waals surface area contributed by atoms with Gasteiger partial charge >= 0.3 is 0 Å². The van der Waals surface area contributed by atoms with Gasteiger partial charge < -0.3 is 10.1 Å². The van der Waals surface area contributed by atoms with Crippen molar-refractivity contribution in [3.63, 3.8) is 0 Å². The van der Waals surface area contributed by atoms with E-state index in [-0.39, 0.29) is 5.91 Å². The first-order chi connectivity index (χ1) is 10.5. The Hall–Kier alpha value is -2.29. The summed E-state index contributed by atoms with van der Waals surface area (Å²) in [5.74, 6) is 0.642. The molecule has 2 rings (SSSR count). The molecule has 0 saturated carbocycles. The van der Waals surface area contributed by atoms with Crippen molar-refractivity contribution >= 4 is 11.6 Å². The Morgan fingerprint density at radius 3 is 2.45 bits per heavy atom. The van der Waals surface area contributed by atoms with Crippen molar-refractivity contribution in [2.75, 3.05) is 5.32 Å². The largest absolute Gasteiger partial charge is 0.480 e. The van der Waals surface area contributed by atoms with E-state index in [0.29, 0.717) is 6.42 Å². The zero-order chi connectivity index (χ0) is 16.1. The number of carbonyl (C=O) groups excluding carboxylic acids is 1. The van der Waals surface area contributed by atoms with Crippen LogP contribution in [0.25, 0.3) is 0 Å². The van der Waals surface area contributed by atoms with Gasteiger partial charge in [-0.25, -0.2) is 0 Å². The molecule has 0 aliphatic heterocycles. The highest BCUT2D eigenvalue weighted by atomic mass is 16.5. The van der Waals surface area contributed by atoms with Crippen LogP contribution in [0.2, 0.25) is 0 Å². The SMILES string of the molecule is CC[C@H](Oc1ccccc1C)C(=O)Nc1ccc(C)cc1C. The minimum atomic E-state index is -0.498. The molecule has 0 unspecified atom stereocenters. The first-order valence-corrected chi connectivity index (χ1v) is 7.61. The summed E-state index contributed by atoms with van der Waals surface area (Å²) in [6.07, 6.45) is 0.118. The van der Waals surface area contributed by atoms with E-state index < -0.39 is 6.10 Å². The average Bonchev–Trinajstić information content (AvgIpc) is 2.49. The maximum atomic E-state index is 12.5. The predicted molar refractivity (Wildman–Crippen MR) is 90.4 cm³/mol. The van der Waals surface area contributed by atoms with Gasteiger partial charge in [0.15, 0.2) is 6.10 Å². The first kappa shape index (κ1) is 16.1. The Labute approximate surface area is 132 Å². The monoisotopic (exact) mass is 297 g/mol. The van der Waals surface area contributed by atoms with Crippen LogP contribution >= 0.6 is 0 Å². The number of nitrogens with one attached hydrogen (secondary N) is 1. The van der Waals surface area contributed by atoms with Gasteiger partial charge in [0, 0.05) is 5.69 Å². The second kappa shape index (κ2) is 7.12. The molecule has 3 nitrogen and oxygen atoms in total. The summed E-state index contributed by atoms with van der Waals surface area (Å²) in [6, 6.07) is 13.7. The van der Waals surface area contributed by atoms with E-state index in [1.54, 1.807) is 0 Å². The van der Waals surface area contributed by atoms with E-state index in [4.69, 9.17) is 4.74 Å². The predicted octanol–water partition coefficient (Wildman–Crippen LogP) is 4.41. The fourth-order valence-electron chi connectivity index (χ4n) is 2.33. The Bertz CT molecular complexity index is 664. The van der Waals surface area contributed by atoms with Crippen LogP contribution in [0.5, 0.6) is 5.75 Å². The van der Waals surface area contributed by atoms with Crippen LogP contribution in [0, 0.1) is 20.8 Å². The lowest BCUT2D eigenvalue weighted by Crippen LogP contribution is -2.32. The summed E-state index contributed by atoms with van der Waals surface area (Å²) in [5, 5.41) is 2.96. The van der Waals surface area contributed by atoms with Gasteiger partial charge in [0.1, 0.15) is 5.75 Å². The van der Waals surface area contributed by atoms with Crippen molar-refractivity contribution in [1.82, 2.24) is 0 Å². The molecule has 0 aromatic heterocycles. The highest BCUT2D eigenvalue weighted by Crippen LogP contribution is 2.21. The molecule has 0 heterocycles. The zero-order valence-electron chi connectivity index (χ0n) is 13.6. The standard InChI is InChI=1S/C19H23NO2/c1-5-17(22-18-9-7-6-8-14(18)3)19(21)20-16-11-10-13(2)12-15(16)4/h6-12,17H,5H2,1-4H3,(H,20,21)/t17-/m0/s1. The van der Waals surface area contributed by atoms with E-state index in [1.165, 1.54) is 5.56 Å². The van der Waals surface area contributed by atoms with Gasteiger partial charge in [0.25, 0.3) is 5.91 Å². The number of ether oxygens (including phenoxy) is 1. The topological polar surface area (TPSA) is 38.3 Å². The van der Waals surface area contributed by atoms with Crippen molar-refractivity contribution in [3.05, 3.63) is 59.2 Å². The minimum Gasteiger partial charge on any atom is -0.480 e. The van der Waals surface area contributed by atoms with Crippen LogP contribution in [0.3, 0.4) is 0 Å². The summed E-state index contributed by atoms with van der Waals surface area (Å²) in [4.78, 5) is 12.5. The smallest absolute Gasteiger partial charge is 0.265 e. The Kier molecular flexibility index (Phi) is 5.21. The number of hydrogen-bond acceptors (Lipinski definition) is 2. The van der Waals surface area contributed by atoms with Crippen LogP contribution < -0.4 is 10.1 Å². The van der Waals surface area contributed by atoms with Crippen LogP contribution in [0.15, 0.2) is 42.5 Å². The number of anilines is 1. The third kappa shape index (κ3) is 3.88. The van der Waals surface area contributed by atoms with Gasteiger partial charge in [-0.2, -0.15) is 0 Å². The van der Waals surface area contributed by atoms with E-state index in [0.717, 1.165) is 22.6 Å². The lowest BCUT2D eigenvalue weighted by molar-refractivity contribution is -0.122. The van der Waals surface area contributed by atoms with Gasteiger partial charge in [-0.05, 0) is 50.5 Å². The fourth-order valence-corrected chi connectivity index (χ4v) is 2.33. The third-order valence-electron chi connectivity index (χ3n) is 3.67. The van der Waals surface area contributed by atoms with Gasteiger partial charge in [0.2, 0.25) is 0 Å². The maximum absolute atomic E-state index is 12.5. The Morgan fingerprint density at radius 2 is 1.82 bits per heavy atom. The molecule has 0 radical (unpaired) electrons. The van der Waals surface area contributed by atoms with Gasteiger partial charge in [-0.1, -0.05) is 42.8 Å². The zero-order valence-corrected chi connectivity index (χ0v) is 13.6. The van der Waals surface area contributed by atoms with Crippen LogP contribution in [0.4, 0.5) is 5.69 Å². The van der Waals surface area contributed by atoms with Crippen molar-refractivity contribution in [2.45, 2.75) is 40.2 Å². The Morgan fingerprint density at radius 1 is 1.09 bits per heavy atom. The number of benzene rings is 2. The lowest BCUT2D eigenvalue weighted by Gasteiger charge is -2.19. The van der Waals surface area contributed by atoms with Gasteiger partial charge in [-0.15, -0.1) is 0 Å². The Balaban J connectivity index is 2.10. The van der Waals surface area contributed by atoms with Gasteiger partial charge in [-0.3, -0.25) is 4.79 Å². The number of para-hydroxylation sites is 1. The molecule has 0 bridgehead atoms. The van der Waals surface area contributed by atoms with E-state index in [2.05, 4.69) is 11.4 Å². The second-order valence-electron chi connectivity index (χ2n) is 5.59. The van der Waals surface area contributed by atoms with E-state index in [1.807, 2.05) is 64.1 Å². The van der Waals surface area contributed by atoms with Gasteiger partial charge in [0.05, 0.1) is 0 Å². The van der Waals surface area contributed by atoms with Crippen molar-refractivity contribution < 1.29 is 9.53 Å². The molecule has 0 aliphatic carbocycles. The summed E-state index contributed by atoms with van der Waals surface area (Å²) in [7, 11) is 0. The van der Waals surface area contributed by atoms with Crippen molar-refractivity contribution in [1.29, 1.82) is 0 Å². The molecular formula is C19H23NO2. The molecule has 1 amide bonds. The number of rotatable bonds is 5. The normalized spacial score (nSPS) is 11.8. The first-order valence-electron chi connectivity index (χ1n) is 7.61. The summed E-state index contributed by atoms with van der Waals surface area (Å²) >= 11 is 0. The number of carbonyl (C=O) groups is 1. The molecule has 0 aliphatic rings. The number of aryl methyl sites for hydroxylation is 3. The summed E-state index contributed by atoms with van der Waals surface area (Å²) in [5.41, 5.74) is 4.10. The summed E-state index contributed by atoms with van der Waals surface area (Å²) in [6.45, 7) is 7.95. The number of amides is 1. The highest BCUT2D eigenvalue weighted by Gasteiger charge is 2.19. The second-order valence-corrected chi connectivity index (χ2v) is 5.59. The fraction of sp³-hybridized carbons (Fsp3) is 0.316. The van der Waals surface area contributed by atoms with E-state index >= 15 is 0 Å². The minimum absolute atomic E-state index is 0.113. The molecule has 0 spiro atoms. The van der Waals surface area contributed by atoms with E-state index in [9.17, 15) is 4.79 Å². The molecule has 1 atom stereocenters. The maximum Gasteiger partial charge on any atom is 0.265 e.